The van der Waals surface area contributed by atoms with Crippen LogP contribution in [0.1, 0.15) is 6.92 Å². The van der Waals surface area contributed by atoms with Gasteiger partial charge in [-0.3, -0.25) is 4.94 Å². The molecule has 0 fully saturated rings. The quantitative estimate of drug-likeness (QED) is 0.543. The molecule has 6 heteroatoms. The normalized spacial score (nSPS) is 13.2. The molecule has 0 spiro atoms. The summed E-state index contributed by atoms with van der Waals surface area (Å²) in [4.78, 5) is 12.6. The predicted octanol–water partition coefficient (Wildman–Crippen LogP) is -0.586. The van der Waals surface area contributed by atoms with Crippen LogP contribution in [0.25, 0.3) is 0 Å². The topological polar surface area (TPSA) is 60.4 Å². The third-order valence-corrected chi connectivity index (χ3v) is 1.58. The monoisotopic (exact) mass is 156 g/mol. The molecule has 1 unspecified atom stereocenters. The second-order valence-corrected chi connectivity index (χ2v) is 2.70. The van der Waals surface area contributed by atoms with Crippen molar-refractivity contribution >= 4 is 16.7 Å². The molecule has 0 radical (unpaired) electrons. The van der Waals surface area contributed by atoms with E-state index in [2.05, 4.69) is 4.94 Å². The third-order valence-electron chi connectivity index (χ3n) is 0.733. The van der Waals surface area contributed by atoms with Gasteiger partial charge in [0, 0.05) is 4.53 Å². The van der Waals surface area contributed by atoms with Crippen LogP contribution in [0.3, 0.4) is 0 Å². The van der Waals surface area contributed by atoms with Gasteiger partial charge in [0.2, 0.25) is 0 Å². The minimum atomic E-state index is -2.92. The zero-order valence-electron chi connectivity index (χ0n) is 4.54. The zero-order chi connectivity index (χ0) is 7.44. The molecule has 0 aromatic heterocycles. The van der Waals surface area contributed by atoms with E-state index in [1.807, 2.05) is 0 Å². The second kappa shape index (κ2) is 3.39. The van der Waals surface area contributed by atoms with Crippen molar-refractivity contribution in [2.75, 3.05) is 0 Å². The molecule has 0 saturated carbocycles. The molecule has 0 amide bonds. The van der Waals surface area contributed by atoms with E-state index < -0.39 is 21.9 Å². The van der Waals surface area contributed by atoms with Gasteiger partial charge in [-0.2, -0.15) is 0 Å². The van der Waals surface area contributed by atoms with Gasteiger partial charge in [0.1, 0.15) is 0 Å². The van der Waals surface area contributed by atoms with Gasteiger partial charge in [-0.1, -0.05) is 0 Å². The second-order valence-electron chi connectivity index (χ2n) is 1.36. The highest BCUT2D eigenvalue weighted by molar-refractivity contribution is 7.74. The average Bonchev–Trinajstić information content (AvgIpc) is 1.84. The molecule has 0 aliphatic carbocycles. The number of thiol groups is 1. The molecule has 9 heavy (non-hydrogen) atoms. The molecule has 0 rings (SSSR count). The van der Waals surface area contributed by atoms with Crippen LogP contribution in [-0.2, 0) is 20.4 Å². The van der Waals surface area contributed by atoms with E-state index in [1.165, 1.54) is 0 Å². The lowest BCUT2D eigenvalue weighted by Crippen LogP contribution is -2.18. The van der Waals surface area contributed by atoms with Crippen LogP contribution in [-0.4, -0.2) is 19.6 Å². The summed E-state index contributed by atoms with van der Waals surface area (Å²) in [6.45, 7) is 1.04. The predicted molar refractivity (Wildman–Crippen MR) is 27.0 cm³/mol. The standard InChI is InChI=1S/C3H5FO4S/c1-2(9(6)7)3(5)8-4/h2,9H,1H3. The minimum absolute atomic E-state index is 1.04. The molecule has 0 bridgehead atoms. The highest BCUT2D eigenvalue weighted by Gasteiger charge is 2.17. The maximum absolute atomic E-state index is 10.9. The summed E-state index contributed by atoms with van der Waals surface area (Å²) in [5, 5.41) is -1.40. The number of carbonyl (C=O) groups is 1. The smallest absolute Gasteiger partial charge is 0.253 e. The fraction of sp³-hybridized carbons (Fsp3) is 0.667. The Morgan fingerprint density at radius 3 is 2.22 bits per heavy atom. The van der Waals surface area contributed by atoms with Crippen molar-refractivity contribution in [3.63, 3.8) is 0 Å². The first kappa shape index (κ1) is 8.35. The van der Waals surface area contributed by atoms with Gasteiger partial charge in [0.15, 0.2) is 16.0 Å². The Labute approximate surface area is 52.5 Å². The van der Waals surface area contributed by atoms with Crippen molar-refractivity contribution in [1.82, 2.24) is 0 Å². The molecular formula is C3H5FO4S. The number of hydrogen-bond acceptors (Lipinski definition) is 4. The molecule has 1 atom stereocenters. The highest BCUT2D eigenvalue weighted by atomic mass is 32.2. The molecule has 4 nitrogen and oxygen atoms in total. The molecular weight excluding hydrogens is 151 g/mol. The van der Waals surface area contributed by atoms with Crippen LogP contribution in [0.4, 0.5) is 4.53 Å². The Hall–Kier alpha value is -0.650. The van der Waals surface area contributed by atoms with Crippen molar-refractivity contribution in [2.45, 2.75) is 12.2 Å². The summed E-state index contributed by atoms with van der Waals surface area (Å²) in [5.74, 6) is -1.38. The van der Waals surface area contributed by atoms with E-state index in [0.29, 0.717) is 0 Å². The SMILES string of the molecule is CC(C(=O)OF)[SH](=O)=O. The van der Waals surface area contributed by atoms with E-state index in [4.69, 9.17) is 0 Å². The van der Waals surface area contributed by atoms with Crippen LogP contribution >= 0.6 is 0 Å². The van der Waals surface area contributed by atoms with Gasteiger partial charge in [0.05, 0.1) is 0 Å². The van der Waals surface area contributed by atoms with Gasteiger partial charge in [-0.25, -0.2) is 13.2 Å². The van der Waals surface area contributed by atoms with Gasteiger partial charge in [-0.15, -0.1) is 0 Å². The Balaban J connectivity index is 4.04. The molecule has 0 aliphatic rings. The largest absolute Gasteiger partial charge is 0.366 e. The first-order valence-corrected chi connectivity index (χ1v) is 3.30. The van der Waals surface area contributed by atoms with E-state index in [9.17, 15) is 17.7 Å². The fourth-order valence-electron chi connectivity index (χ4n) is 0.151. The third kappa shape index (κ3) is 2.41. The lowest BCUT2D eigenvalue weighted by molar-refractivity contribution is -0.182. The number of halogens is 1. The summed E-state index contributed by atoms with van der Waals surface area (Å²) in [7, 11) is -2.92. The van der Waals surface area contributed by atoms with Gasteiger partial charge in [0.25, 0.3) is 0 Å². The number of hydrogen-bond donors (Lipinski definition) is 1. The maximum atomic E-state index is 10.9. The van der Waals surface area contributed by atoms with E-state index in [1.54, 1.807) is 0 Å². The lowest BCUT2D eigenvalue weighted by Gasteiger charge is -1.93. The Kier molecular flexibility index (Phi) is 3.15. The van der Waals surface area contributed by atoms with Gasteiger partial charge in [-0.05, 0) is 6.92 Å². The number of rotatable bonds is 2. The molecule has 0 heterocycles. The summed E-state index contributed by atoms with van der Waals surface area (Å²) in [6.07, 6.45) is 0. The van der Waals surface area contributed by atoms with Crippen LogP contribution in [0.5, 0.6) is 0 Å². The average molecular weight is 156 g/mol. The molecule has 0 aromatic carbocycles. The van der Waals surface area contributed by atoms with Crippen LogP contribution in [0, 0.1) is 0 Å². The van der Waals surface area contributed by atoms with Gasteiger partial charge < -0.3 is 0 Å². The van der Waals surface area contributed by atoms with Crippen molar-refractivity contribution in [3.05, 3.63) is 0 Å². The lowest BCUT2D eigenvalue weighted by atomic mass is 10.5. The van der Waals surface area contributed by atoms with E-state index in [-0.39, 0.29) is 0 Å². The fourth-order valence-corrected chi connectivity index (χ4v) is 0.363. The van der Waals surface area contributed by atoms with Crippen LogP contribution < -0.4 is 0 Å². The molecule has 0 saturated heterocycles. The Morgan fingerprint density at radius 1 is 1.67 bits per heavy atom. The molecule has 54 valence electrons. The van der Waals surface area contributed by atoms with E-state index >= 15 is 0 Å². The van der Waals surface area contributed by atoms with Crippen molar-refractivity contribution in [2.24, 2.45) is 0 Å². The Bertz CT molecular complexity index is 167. The molecule has 0 aromatic rings. The molecule has 0 aliphatic heterocycles. The summed E-state index contributed by atoms with van der Waals surface area (Å²) < 4.78 is 30.6. The molecule has 0 N–H and O–H groups in total. The summed E-state index contributed by atoms with van der Waals surface area (Å²) >= 11 is 0. The highest BCUT2D eigenvalue weighted by Crippen LogP contribution is 1.91. The first-order chi connectivity index (χ1) is 4.09. The minimum Gasteiger partial charge on any atom is -0.253 e. The van der Waals surface area contributed by atoms with Crippen molar-refractivity contribution < 1.29 is 22.7 Å². The van der Waals surface area contributed by atoms with Crippen LogP contribution in [0.2, 0.25) is 0 Å². The van der Waals surface area contributed by atoms with Crippen LogP contribution in [0.15, 0.2) is 0 Å². The zero-order valence-corrected chi connectivity index (χ0v) is 5.43. The van der Waals surface area contributed by atoms with Gasteiger partial charge >= 0.3 is 5.97 Å². The van der Waals surface area contributed by atoms with Crippen molar-refractivity contribution in [1.29, 1.82) is 0 Å². The van der Waals surface area contributed by atoms with Crippen molar-refractivity contribution in [3.8, 4) is 0 Å². The first-order valence-electron chi connectivity index (χ1n) is 2.05. The number of carbonyl (C=O) groups excluding carboxylic acids is 1. The summed E-state index contributed by atoms with van der Waals surface area (Å²) in [5.41, 5.74) is 0. The van der Waals surface area contributed by atoms with E-state index in [0.717, 1.165) is 6.92 Å². The summed E-state index contributed by atoms with van der Waals surface area (Å²) in [6, 6.07) is 0. The Morgan fingerprint density at radius 2 is 2.11 bits per heavy atom. The maximum Gasteiger partial charge on any atom is 0.366 e.